The van der Waals surface area contributed by atoms with Crippen molar-refractivity contribution in [1.29, 1.82) is 0 Å². The minimum Gasteiger partial charge on any atom is -0.383 e. The molecule has 7 amide bonds. The largest absolute Gasteiger partial charge is 0.383 e. The molecule has 1 atom stereocenters. The van der Waals surface area contributed by atoms with Crippen LogP contribution in [0.15, 0.2) is 42.7 Å². The molecule has 4 aromatic rings. The first-order chi connectivity index (χ1) is 38.9. The second-order valence-corrected chi connectivity index (χ2v) is 20.1. The molecule has 2 aromatic carbocycles. The summed E-state index contributed by atoms with van der Waals surface area (Å²) in [5, 5.41) is 17.6. The lowest BCUT2D eigenvalue weighted by molar-refractivity contribution is -0.136. The number of ether oxygens (including phenoxy) is 6. The van der Waals surface area contributed by atoms with Gasteiger partial charge in [-0.05, 0) is 73.6 Å². The third kappa shape index (κ3) is 13.8. The zero-order valence-electron chi connectivity index (χ0n) is 45.4. The number of halogens is 2. The van der Waals surface area contributed by atoms with Gasteiger partial charge in [0.05, 0.1) is 116 Å². The predicted molar refractivity (Wildman–Crippen MR) is 286 cm³/mol. The Labute approximate surface area is 462 Å². The molecule has 3 N–H and O–H groups in total. The highest BCUT2D eigenvalue weighted by Gasteiger charge is 2.45. The summed E-state index contributed by atoms with van der Waals surface area (Å²) in [5.74, 6) is -1.47. The Morgan fingerprint density at radius 2 is 1.41 bits per heavy atom. The second kappa shape index (κ2) is 27.5. The van der Waals surface area contributed by atoms with Crippen molar-refractivity contribution in [3.05, 3.63) is 76.2 Å². The van der Waals surface area contributed by atoms with Crippen LogP contribution >= 0.6 is 0 Å². The Morgan fingerprint density at radius 3 is 2.05 bits per heavy atom. The number of urea groups is 1. The smallest absolute Gasteiger partial charge is 0.317 e. The van der Waals surface area contributed by atoms with Crippen LogP contribution in [0.1, 0.15) is 94.1 Å². The van der Waals surface area contributed by atoms with E-state index >= 15 is 0 Å². The van der Waals surface area contributed by atoms with Gasteiger partial charge in [0.25, 0.3) is 18.2 Å². The number of hydrogen-bond donors (Lipinski definition) is 3. The maximum absolute atomic E-state index is 14.7. The monoisotopic (exact) mass is 1120 g/mol. The first-order valence-electron chi connectivity index (χ1n) is 27.5. The molecule has 5 aliphatic rings. The number of aryl methyl sites for hydroxylation is 2. The Kier molecular flexibility index (Phi) is 19.9. The maximum Gasteiger partial charge on any atom is 0.317 e. The lowest BCUT2D eigenvalue weighted by Gasteiger charge is -2.34. The van der Waals surface area contributed by atoms with E-state index in [2.05, 4.69) is 30.6 Å². The van der Waals surface area contributed by atoms with Crippen molar-refractivity contribution in [2.24, 2.45) is 7.05 Å². The van der Waals surface area contributed by atoms with E-state index in [4.69, 9.17) is 33.5 Å². The summed E-state index contributed by atoms with van der Waals surface area (Å²) in [6, 6.07) is 7.13. The van der Waals surface area contributed by atoms with E-state index < -0.39 is 36.1 Å². The normalized spacial score (nSPS) is 17.5. The molecule has 7 heterocycles. The number of likely N-dealkylation sites (tertiary alicyclic amines) is 1. The van der Waals surface area contributed by atoms with Crippen molar-refractivity contribution in [1.82, 2.24) is 44.9 Å². The lowest BCUT2D eigenvalue weighted by atomic mass is 9.92. The molecule has 0 spiro atoms. The zero-order chi connectivity index (χ0) is 56.1. The molecule has 25 heteroatoms. The van der Waals surface area contributed by atoms with Crippen LogP contribution in [0.4, 0.5) is 30.8 Å². The number of piperidine rings is 2. The van der Waals surface area contributed by atoms with Gasteiger partial charge in [-0.25, -0.2) is 13.6 Å². The average Bonchev–Trinajstić information content (AvgIpc) is 4.31. The number of fused-ring (bicyclic) bond motifs is 3. The minimum absolute atomic E-state index is 0.0246. The van der Waals surface area contributed by atoms with Crippen LogP contribution < -0.4 is 20.9 Å². The Morgan fingerprint density at radius 1 is 0.750 bits per heavy atom. The van der Waals surface area contributed by atoms with E-state index in [-0.39, 0.29) is 60.5 Å². The summed E-state index contributed by atoms with van der Waals surface area (Å²) in [6.45, 7) is 7.55. The molecule has 1 unspecified atom stereocenters. The highest BCUT2D eigenvalue weighted by atomic mass is 19.3. The number of hydrogen-bond acceptors (Lipinski definition) is 16. The summed E-state index contributed by atoms with van der Waals surface area (Å²) in [7, 11) is 3.37. The summed E-state index contributed by atoms with van der Waals surface area (Å²) in [4.78, 5) is 82.5. The number of anilines is 3. The summed E-state index contributed by atoms with van der Waals surface area (Å²) in [6.07, 6.45) is 4.61. The molecule has 2 aromatic heterocycles. The van der Waals surface area contributed by atoms with Crippen molar-refractivity contribution in [2.45, 2.75) is 76.4 Å². The number of carbonyl (C=O) groups is 6. The van der Waals surface area contributed by atoms with Gasteiger partial charge in [0.15, 0.2) is 5.82 Å². The van der Waals surface area contributed by atoms with E-state index in [1.54, 1.807) is 60.3 Å². The van der Waals surface area contributed by atoms with E-state index in [1.165, 1.54) is 0 Å². The second-order valence-electron chi connectivity index (χ2n) is 20.1. The molecule has 5 aliphatic heterocycles. The van der Waals surface area contributed by atoms with Gasteiger partial charge in [0.1, 0.15) is 6.04 Å². The van der Waals surface area contributed by atoms with Crippen molar-refractivity contribution >= 4 is 52.8 Å². The molecule has 23 nitrogen and oxygen atoms in total. The minimum atomic E-state index is -2.70. The topological polar surface area (TPSA) is 242 Å². The van der Waals surface area contributed by atoms with E-state index in [0.29, 0.717) is 160 Å². The maximum atomic E-state index is 14.7. The molecule has 432 valence electrons. The number of nitrogens with zero attached hydrogens (tertiary/aromatic N) is 8. The van der Waals surface area contributed by atoms with Crippen molar-refractivity contribution < 1.29 is 66.0 Å². The van der Waals surface area contributed by atoms with Gasteiger partial charge in [0, 0.05) is 99.6 Å². The molecule has 0 aliphatic carbocycles. The van der Waals surface area contributed by atoms with Crippen LogP contribution in [-0.2, 0) is 69.2 Å². The molecule has 2 saturated heterocycles. The number of aromatic nitrogens is 4. The molecular weight excluding hydrogens is 1040 g/mol. The first-order valence-corrected chi connectivity index (χ1v) is 27.5. The van der Waals surface area contributed by atoms with E-state index in [0.717, 1.165) is 34.6 Å². The van der Waals surface area contributed by atoms with Gasteiger partial charge in [-0.3, -0.25) is 43.6 Å². The summed E-state index contributed by atoms with van der Waals surface area (Å²) < 4.78 is 66.8. The van der Waals surface area contributed by atoms with Gasteiger partial charge in [-0.1, -0.05) is 0 Å². The summed E-state index contributed by atoms with van der Waals surface area (Å²) in [5.41, 5.74) is 5.73. The molecule has 9 rings (SSSR count). The quantitative estimate of drug-likeness (QED) is 0.0561. The lowest BCUT2D eigenvalue weighted by Crippen LogP contribution is -2.54. The SMILES string of the molecule is CNC(=O)N1CCc2c(c(N3CCCc4cc(-c5cnn(C)c5)c(C(F)F)cc43)nn2C2CCN(C(=O)CCOCCOCCOCCOCCOCCOCCNc3ccc4c(c3)C(=O)N(C3CCC(=O)NC3=O)C4=O)CC2)C1. The Balaban J connectivity index is 0.599. The molecule has 0 bridgehead atoms. The highest BCUT2D eigenvalue weighted by molar-refractivity contribution is 6.23. The summed E-state index contributed by atoms with van der Waals surface area (Å²) >= 11 is 0. The van der Waals surface area contributed by atoms with Crippen molar-refractivity contribution in [2.75, 3.05) is 129 Å². The number of nitrogens with one attached hydrogen (secondary N) is 3. The number of alkyl halides is 2. The van der Waals surface area contributed by atoms with Crippen LogP contribution in [0, 0.1) is 0 Å². The number of carbonyl (C=O) groups excluding carboxylic acids is 6. The van der Waals surface area contributed by atoms with Gasteiger partial charge >= 0.3 is 6.03 Å². The number of benzene rings is 2. The highest BCUT2D eigenvalue weighted by Crippen LogP contribution is 2.44. The van der Waals surface area contributed by atoms with Gasteiger partial charge in [-0.15, -0.1) is 0 Å². The number of rotatable bonds is 27. The van der Waals surface area contributed by atoms with Crippen LogP contribution in [-0.4, -0.2) is 195 Å². The van der Waals surface area contributed by atoms with Gasteiger partial charge in [-0.2, -0.15) is 10.2 Å². The van der Waals surface area contributed by atoms with Crippen LogP contribution in [0.2, 0.25) is 0 Å². The molecule has 0 saturated carbocycles. The fourth-order valence-electron chi connectivity index (χ4n) is 10.9. The Bertz CT molecular complexity index is 2860. The fourth-order valence-corrected chi connectivity index (χ4v) is 10.9. The standard InChI is InChI=1S/C55H71F2N11O12/c1-58-55(74)65-17-11-45-44(35-65)51(66-14-3-4-36-30-41(37-33-60-63(2)34-37)42(50(56)57)32-47(36)66)62-68(45)39-9-15-64(16-10-39)49(70)12-18-75-20-22-77-24-26-79-28-29-80-27-25-78-23-21-76-19-13-59-38-5-6-40-43(31-38)54(73)67(53(40)72)46-7-8-48(69)61-52(46)71/h5-6,30-34,39,46,50,59H,3-4,7-29,35H2,1-2H3,(H,58,74)(H,61,69,71). The Hall–Kier alpha value is -6.90. The average molecular weight is 1120 g/mol. The first kappa shape index (κ1) is 57.8. The molecule has 80 heavy (non-hydrogen) atoms. The number of amides is 7. The molecular formula is C55H71F2N11O12. The fraction of sp³-hybridized carbons (Fsp3) is 0.564. The third-order valence-corrected chi connectivity index (χ3v) is 14.9. The van der Waals surface area contributed by atoms with Gasteiger partial charge in [0.2, 0.25) is 17.7 Å². The van der Waals surface area contributed by atoms with Crippen LogP contribution in [0.5, 0.6) is 0 Å². The van der Waals surface area contributed by atoms with E-state index in [9.17, 15) is 37.5 Å². The van der Waals surface area contributed by atoms with Crippen LogP contribution in [0.3, 0.4) is 0 Å². The third-order valence-electron chi connectivity index (χ3n) is 14.9. The van der Waals surface area contributed by atoms with Crippen LogP contribution in [0.25, 0.3) is 11.1 Å². The molecule has 2 fully saturated rings. The number of imide groups is 2. The zero-order valence-corrected chi connectivity index (χ0v) is 45.4. The van der Waals surface area contributed by atoms with Crippen molar-refractivity contribution in [3.8, 4) is 11.1 Å². The van der Waals surface area contributed by atoms with E-state index in [1.807, 2.05) is 11.0 Å². The predicted octanol–water partition coefficient (Wildman–Crippen LogP) is 4.17. The van der Waals surface area contributed by atoms with Crippen molar-refractivity contribution in [3.63, 3.8) is 0 Å². The van der Waals surface area contributed by atoms with Gasteiger partial charge < -0.3 is 53.8 Å². The molecule has 0 radical (unpaired) electrons.